The average Bonchev–Trinajstić information content (AvgIpc) is 2.37. The molecular formula is C6H6BrNO3. The number of nitro groups is 1. The van der Waals surface area contributed by atoms with Gasteiger partial charge in [-0.15, -0.1) is 0 Å². The second-order valence-corrected chi connectivity index (χ2v) is 2.73. The first-order valence-electron chi connectivity index (χ1n) is 3.03. The minimum atomic E-state index is -0.544. The monoisotopic (exact) mass is 219 g/mol. The van der Waals surface area contributed by atoms with Gasteiger partial charge in [-0.25, -0.2) is 0 Å². The normalized spacial score (nSPS) is 9.91. The summed E-state index contributed by atoms with van der Waals surface area (Å²) in [6.07, 6.45) is 0.674. The lowest BCUT2D eigenvalue weighted by molar-refractivity contribution is -0.402. The van der Waals surface area contributed by atoms with Crippen LogP contribution >= 0.6 is 15.9 Å². The van der Waals surface area contributed by atoms with Crippen molar-refractivity contribution in [2.24, 2.45) is 0 Å². The number of nitrogens with zero attached hydrogens (tertiary/aromatic N) is 1. The molecule has 0 fully saturated rings. The van der Waals surface area contributed by atoms with Gasteiger partial charge in [0.1, 0.15) is 10.7 Å². The summed E-state index contributed by atoms with van der Waals surface area (Å²) in [5.74, 6) is 0.439. The molecule has 0 amide bonds. The van der Waals surface area contributed by atoms with Gasteiger partial charge in [0.25, 0.3) is 0 Å². The molecule has 0 saturated carbocycles. The highest BCUT2D eigenvalue weighted by atomic mass is 79.9. The van der Waals surface area contributed by atoms with Crippen molar-refractivity contribution in [3.8, 4) is 0 Å². The van der Waals surface area contributed by atoms with Gasteiger partial charge in [-0.1, -0.05) is 15.9 Å². The summed E-state index contributed by atoms with van der Waals surface area (Å²) in [4.78, 5) is 9.57. The number of rotatable bonds is 3. The van der Waals surface area contributed by atoms with Gasteiger partial charge in [-0.05, 0) is 6.07 Å². The van der Waals surface area contributed by atoms with Crippen LogP contribution in [0, 0.1) is 10.1 Å². The molecule has 60 valence electrons. The van der Waals surface area contributed by atoms with E-state index in [2.05, 4.69) is 15.9 Å². The Hall–Kier alpha value is -0.840. The van der Waals surface area contributed by atoms with E-state index in [4.69, 9.17) is 4.42 Å². The molecular weight excluding hydrogens is 214 g/mol. The number of alkyl halides is 1. The predicted octanol–water partition coefficient (Wildman–Crippen LogP) is 2.13. The van der Waals surface area contributed by atoms with Crippen LogP contribution in [0.25, 0.3) is 0 Å². The Morgan fingerprint density at radius 3 is 2.82 bits per heavy atom. The molecule has 0 aromatic carbocycles. The molecule has 0 unspecified atom stereocenters. The number of aryl methyl sites for hydroxylation is 1. The van der Waals surface area contributed by atoms with Gasteiger partial charge in [-0.3, -0.25) is 10.1 Å². The number of hydrogen-bond acceptors (Lipinski definition) is 3. The van der Waals surface area contributed by atoms with Crippen LogP contribution in [0.4, 0.5) is 5.88 Å². The predicted molar refractivity (Wildman–Crippen MR) is 42.9 cm³/mol. The van der Waals surface area contributed by atoms with Crippen molar-refractivity contribution in [3.63, 3.8) is 0 Å². The summed E-state index contributed by atoms with van der Waals surface area (Å²) in [6, 6.07) is 2.97. The van der Waals surface area contributed by atoms with Gasteiger partial charge < -0.3 is 4.42 Å². The van der Waals surface area contributed by atoms with Crippen LogP contribution in [0.2, 0.25) is 0 Å². The van der Waals surface area contributed by atoms with Crippen LogP contribution in [0.1, 0.15) is 5.76 Å². The summed E-state index contributed by atoms with van der Waals surface area (Å²) in [5, 5.41) is 10.9. The lowest BCUT2D eigenvalue weighted by atomic mass is 10.4. The van der Waals surface area contributed by atoms with Gasteiger partial charge in [0.15, 0.2) is 0 Å². The molecule has 1 aromatic rings. The van der Waals surface area contributed by atoms with Crippen molar-refractivity contribution >= 4 is 21.8 Å². The minimum Gasteiger partial charge on any atom is -0.406 e. The lowest BCUT2D eigenvalue weighted by Gasteiger charge is -1.86. The maximum absolute atomic E-state index is 10.1. The van der Waals surface area contributed by atoms with E-state index in [0.717, 1.165) is 5.33 Å². The van der Waals surface area contributed by atoms with Crippen molar-refractivity contribution in [3.05, 3.63) is 28.0 Å². The van der Waals surface area contributed by atoms with Crippen LogP contribution in [-0.4, -0.2) is 10.3 Å². The van der Waals surface area contributed by atoms with E-state index < -0.39 is 4.92 Å². The van der Waals surface area contributed by atoms with Crippen molar-refractivity contribution in [1.82, 2.24) is 0 Å². The smallest absolute Gasteiger partial charge is 0.406 e. The fourth-order valence-corrected chi connectivity index (χ4v) is 1.08. The summed E-state index contributed by atoms with van der Waals surface area (Å²) < 4.78 is 4.86. The third-order valence-electron chi connectivity index (χ3n) is 1.17. The van der Waals surface area contributed by atoms with Gasteiger partial charge >= 0.3 is 5.88 Å². The summed E-state index contributed by atoms with van der Waals surface area (Å²) in [6.45, 7) is 0. The molecule has 5 heteroatoms. The molecule has 4 nitrogen and oxygen atoms in total. The highest BCUT2D eigenvalue weighted by molar-refractivity contribution is 9.09. The molecule has 0 bridgehead atoms. The molecule has 1 rings (SSSR count). The Balaban J connectivity index is 2.73. The van der Waals surface area contributed by atoms with Gasteiger partial charge in [0, 0.05) is 11.8 Å². The maximum atomic E-state index is 10.1. The molecule has 11 heavy (non-hydrogen) atoms. The SMILES string of the molecule is O=[N+]([O-])c1ccc(CCBr)o1. The Labute approximate surface area is 71.5 Å². The van der Waals surface area contributed by atoms with Crippen molar-refractivity contribution in [2.45, 2.75) is 6.42 Å². The number of halogens is 1. The van der Waals surface area contributed by atoms with Gasteiger partial charge in [-0.2, -0.15) is 0 Å². The zero-order valence-corrected chi connectivity index (χ0v) is 7.20. The minimum absolute atomic E-state index is 0.194. The van der Waals surface area contributed by atoms with Crippen molar-refractivity contribution < 1.29 is 9.34 Å². The largest absolute Gasteiger partial charge is 0.433 e. The topological polar surface area (TPSA) is 56.3 Å². The number of furan rings is 1. The van der Waals surface area contributed by atoms with Crippen LogP contribution < -0.4 is 0 Å². The first-order chi connectivity index (χ1) is 5.24. The van der Waals surface area contributed by atoms with Crippen LogP contribution in [0.15, 0.2) is 16.5 Å². The Kier molecular flexibility index (Phi) is 2.64. The summed E-state index contributed by atoms with van der Waals surface area (Å²) in [7, 11) is 0. The van der Waals surface area contributed by atoms with E-state index in [9.17, 15) is 10.1 Å². The van der Waals surface area contributed by atoms with Crippen LogP contribution in [0.5, 0.6) is 0 Å². The molecule has 0 N–H and O–H groups in total. The quantitative estimate of drug-likeness (QED) is 0.445. The first kappa shape index (κ1) is 8.26. The molecule has 0 aliphatic heterocycles. The number of hydrogen-bond donors (Lipinski definition) is 0. The van der Waals surface area contributed by atoms with E-state index in [1.807, 2.05) is 0 Å². The molecule has 0 radical (unpaired) electrons. The third kappa shape index (κ3) is 2.04. The molecule has 0 aliphatic carbocycles. The van der Waals surface area contributed by atoms with Crippen LogP contribution in [0.3, 0.4) is 0 Å². The fourth-order valence-electron chi connectivity index (χ4n) is 0.692. The zero-order chi connectivity index (χ0) is 8.27. The lowest BCUT2D eigenvalue weighted by Crippen LogP contribution is -1.84. The van der Waals surface area contributed by atoms with E-state index in [1.54, 1.807) is 6.07 Å². The zero-order valence-electron chi connectivity index (χ0n) is 5.62. The Bertz CT molecular complexity index is 258. The fraction of sp³-hybridized carbons (Fsp3) is 0.333. The molecule has 1 heterocycles. The second kappa shape index (κ2) is 3.52. The van der Waals surface area contributed by atoms with E-state index in [0.29, 0.717) is 12.2 Å². The molecule has 0 saturated heterocycles. The van der Waals surface area contributed by atoms with Crippen molar-refractivity contribution in [2.75, 3.05) is 5.33 Å². The molecule has 0 aliphatic rings. The molecule has 0 spiro atoms. The first-order valence-corrected chi connectivity index (χ1v) is 4.15. The van der Waals surface area contributed by atoms with Gasteiger partial charge in [0.2, 0.25) is 0 Å². The highest BCUT2D eigenvalue weighted by Crippen LogP contribution is 2.16. The highest BCUT2D eigenvalue weighted by Gasteiger charge is 2.10. The average molecular weight is 220 g/mol. The molecule has 1 aromatic heterocycles. The molecule has 0 atom stereocenters. The summed E-state index contributed by atoms with van der Waals surface area (Å²) >= 11 is 3.20. The third-order valence-corrected chi connectivity index (χ3v) is 1.56. The Morgan fingerprint density at radius 2 is 2.36 bits per heavy atom. The van der Waals surface area contributed by atoms with E-state index in [1.165, 1.54) is 6.07 Å². The second-order valence-electron chi connectivity index (χ2n) is 1.94. The van der Waals surface area contributed by atoms with Crippen LogP contribution in [-0.2, 0) is 6.42 Å². The van der Waals surface area contributed by atoms with E-state index in [-0.39, 0.29) is 5.88 Å². The van der Waals surface area contributed by atoms with E-state index >= 15 is 0 Å². The van der Waals surface area contributed by atoms with Crippen molar-refractivity contribution in [1.29, 1.82) is 0 Å². The van der Waals surface area contributed by atoms with Gasteiger partial charge in [0.05, 0.1) is 6.07 Å². The Morgan fingerprint density at radius 1 is 1.64 bits per heavy atom. The summed E-state index contributed by atoms with van der Waals surface area (Å²) in [5.41, 5.74) is 0. The maximum Gasteiger partial charge on any atom is 0.433 e. The standard InChI is InChI=1S/C6H6BrNO3/c7-4-3-5-1-2-6(11-5)8(9)10/h1-2H,3-4H2.